The standard InChI is InChI=1S/C13H27N3O3S/c1-10(2)12(14)13(17)16-9-5-4-6-11(16)7-8-15-20(3,18)19/h10-12,15H,4-9,14H2,1-3H3. The lowest BCUT2D eigenvalue weighted by Crippen LogP contribution is -2.53. The van der Waals surface area contributed by atoms with Crippen molar-refractivity contribution >= 4 is 15.9 Å². The highest BCUT2D eigenvalue weighted by molar-refractivity contribution is 7.88. The van der Waals surface area contributed by atoms with Gasteiger partial charge in [0, 0.05) is 19.1 Å². The minimum Gasteiger partial charge on any atom is -0.338 e. The molecule has 1 fully saturated rings. The zero-order valence-electron chi connectivity index (χ0n) is 12.6. The van der Waals surface area contributed by atoms with Crippen LogP contribution in [0.4, 0.5) is 0 Å². The number of hydrogen-bond donors (Lipinski definition) is 2. The number of nitrogens with one attached hydrogen (secondary N) is 1. The van der Waals surface area contributed by atoms with Gasteiger partial charge in [0.1, 0.15) is 0 Å². The Morgan fingerprint density at radius 3 is 2.60 bits per heavy atom. The van der Waals surface area contributed by atoms with Gasteiger partial charge in [-0.3, -0.25) is 4.79 Å². The van der Waals surface area contributed by atoms with E-state index in [-0.39, 0.29) is 17.9 Å². The van der Waals surface area contributed by atoms with Gasteiger partial charge < -0.3 is 10.6 Å². The summed E-state index contributed by atoms with van der Waals surface area (Å²) in [5, 5.41) is 0. The SMILES string of the molecule is CC(C)C(N)C(=O)N1CCCCC1CCNS(C)(=O)=O. The number of piperidine rings is 1. The highest BCUT2D eigenvalue weighted by Gasteiger charge is 2.30. The molecular formula is C13H27N3O3S. The predicted molar refractivity (Wildman–Crippen MR) is 79.6 cm³/mol. The number of sulfonamides is 1. The number of nitrogens with zero attached hydrogens (tertiary/aromatic N) is 1. The van der Waals surface area contributed by atoms with E-state index in [4.69, 9.17) is 5.73 Å². The first-order valence-electron chi connectivity index (χ1n) is 7.23. The summed E-state index contributed by atoms with van der Waals surface area (Å²) in [6, 6.07) is -0.381. The summed E-state index contributed by atoms with van der Waals surface area (Å²) in [5.41, 5.74) is 5.95. The molecule has 1 rings (SSSR count). The molecule has 6 nitrogen and oxygen atoms in total. The fraction of sp³-hybridized carbons (Fsp3) is 0.923. The highest BCUT2D eigenvalue weighted by Crippen LogP contribution is 2.21. The summed E-state index contributed by atoms with van der Waals surface area (Å²) in [6.07, 6.45) is 4.77. The molecule has 2 atom stereocenters. The van der Waals surface area contributed by atoms with Gasteiger partial charge >= 0.3 is 0 Å². The van der Waals surface area contributed by atoms with Crippen LogP contribution in [0.5, 0.6) is 0 Å². The van der Waals surface area contributed by atoms with Gasteiger partial charge in [-0.1, -0.05) is 13.8 Å². The summed E-state index contributed by atoms with van der Waals surface area (Å²) >= 11 is 0. The molecule has 0 aromatic rings. The Labute approximate surface area is 122 Å². The summed E-state index contributed by atoms with van der Waals surface area (Å²) in [4.78, 5) is 14.2. The highest BCUT2D eigenvalue weighted by atomic mass is 32.2. The first-order chi connectivity index (χ1) is 9.22. The molecule has 118 valence electrons. The Morgan fingerprint density at radius 2 is 2.05 bits per heavy atom. The molecule has 3 N–H and O–H groups in total. The van der Waals surface area contributed by atoms with Crippen LogP contribution < -0.4 is 10.5 Å². The van der Waals surface area contributed by atoms with E-state index in [1.165, 1.54) is 0 Å². The molecule has 0 aromatic carbocycles. The van der Waals surface area contributed by atoms with Crippen LogP contribution in [0.25, 0.3) is 0 Å². The van der Waals surface area contributed by atoms with Crippen molar-refractivity contribution in [3.63, 3.8) is 0 Å². The number of likely N-dealkylation sites (tertiary alicyclic amines) is 1. The fourth-order valence-corrected chi connectivity index (χ4v) is 2.97. The molecule has 2 unspecified atom stereocenters. The monoisotopic (exact) mass is 305 g/mol. The van der Waals surface area contributed by atoms with E-state index in [9.17, 15) is 13.2 Å². The maximum absolute atomic E-state index is 12.4. The molecule has 0 aliphatic carbocycles. The van der Waals surface area contributed by atoms with Crippen molar-refractivity contribution in [1.82, 2.24) is 9.62 Å². The maximum Gasteiger partial charge on any atom is 0.239 e. The van der Waals surface area contributed by atoms with Crippen molar-refractivity contribution in [3.05, 3.63) is 0 Å². The zero-order valence-corrected chi connectivity index (χ0v) is 13.4. The van der Waals surface area contributed by atoms with Gasteiger partial charge in [-0.2, -0.15) is 0 Å². The van der Waals surface area contributed by atoms with Crippen molar-refractivity contribution in [2.24, 2.45) is 11.7 Å². The largest absolute Gasteiger partial charge is 0.338 e. The number of amides is 1. The molecule has 0 spiro atoms. The predicted octanol–water partition coefficient (Wildman–Crippen LogP) is 0.290. The topological polar surface area (TPSA) is 92.5 Å². The van der Waals surface area contributed by atoms with Crippen molar-refractivity contribution in [2.45, 2.75) is 51.6 Å². The van der Waals surface area contributed by atoms with Gasteiger partial charge in [0.2, 0.25) is 15.9 Å². The third kappa shape index (κ3) is 5.38. The number of carbonyl (C=O) groups is 1. The quantitative estimate of drug-likeness (QED) is 0.737. The number of hydrogen-bond acceptors (Lipinski definition) is 4. The second kappa shape index (κ2) is 7.38. The van der Waals surface area contributed by atoms with Crippen LogP contribution in [0.1, 0.15) is 39.5 Å². The molecule has 0 saturated carbocycles. The van der Waals surface area contributed by atoms with E-state index in [1.807, 2.05) is 18.7 Å². The first-order valence-corrected chi connectivity index (χ1v) is 9.12. The summed E-state index contributed by atoms with van der Waals surface area (Å²) in [6.45, 7) is 4.96. The van der Waals surface area contributed by atoms with Crippen LogP contribution in [0.2, 0.25) is 0 Å². The molecule has 1 heterocycles. The van der Waals surface area contributed by atoms with Gasteiger partial charge in [0.25, 0.3) is 0 Å². The van der Waals surface area contributed by atoms with E-state index >= 15 is 0 Å². The van der Waals surface area contributed by atoms with E-state index in [1.54, 1.807) is 0 Å². The van der Waals surface area contributed by atoms with Gasteiger partial charge in [0.15, 0.2) is 0 Å². The molecule has 1 amide bonds. The summed E-state index contributed by atoms with van der Waals surface area (Å²) in [5.74, 6) is 0.100. The molecule has 7 heteroatoms. The second-order valence-corrected chi connectivity index (χ2v) is 7.74. The lowest BCUT2D eigenvalue weighted by molar-refractivity contribution is -0.137. The van der Waals surface area contributed by atoms with Gasteiger partial charge in [-0.05, 0) is 31.6 Å². The molecule has 0 radical (unpaired) electrons. The Morgan fingerprint density at radius 1 is 1.40 bits per heavy atom. The molecule has 0 bridgehead atoms. The first kappa shape index (κ1) is 17.4. The molecule has 0 aromatic heterocycles. The molecule has 20 heavy (non-hydrogen) atoms. The van der Waals surface area contributed by atoms with E-state index in [0.29, 0.717) is 13.0 Å². The molecular weight excluding hydrogens is 278 g/mol. The smallest absolute Gasteiger partial charge is 0.239 e. The Bertz CT molecular complexity index is 423. The van der Waals surface area contributed by atoms with Crippen molar-refractivity contribution in [3.8, 4) is 0 Å². The Balaban J connectivity index is 2.60. The van der Waals surface area contributed by atoms with Gasteiger partial charge in [-0.25, -0.2) is 13.1 Å². The molecule has 1 saturated heterocycles. The van der Waals surface area contributed by atoms with Crippen LogP contribution in [0.15, 0.2) is 0 Å². The molecule has 1 aliphatic heterocycles. The third-order valence-electron chi connectivity index (χ3n) is 3.76. The number of rotatable bonds is 6. The Kier molecular flexibility index (Phi) is 6.42. The zero-order chi connectivity index (χ0) is 15.3. The lowest BCUT2D eigenvalue weighted by atomic mass is 9.96. The number of nitrogens with two attached hydrogens (primary N) is 1. The van der Waals surface area contributed by atoms with E-state index in [0.717, 1.165) is 32.1 Å². The third-order valence-corrected chi connectivity index (χ3v) is 4.48. The van der Waals surface area contributed by atoms with Crippen LogP contribution in [-0.2, 0) is 14.8 Å². The average molecular weight is 305 g/mol. The Hall–Kier alpha value is -0.660. The van der Waals surface area contributed by atoms with E-state index in [2.05, 4.69) is 4.72 Å². The maximum atomic E-state index is 12.4. The summed E-state index contributed by atoms with van der Waals surface area (Å²) < 4.78 is 24.6. The summed E-state index contributed by atoms with van der Waals surface area (Å²) in [7, 11) is -3.17. The van der Waals surface area contributed by atoms with E-state index < -0.39 is 16.1 Å². The van der Waals surface area contributed by atoms with Crippen LogP contribution in [0.3, 0.4) is 0 Å². The lowest BCUT2D eigenvalue weighted by Gasteiger charge is -2.38. The normalized spacial score (nSPS) is 22.1. The van der Waals surface area contributed by atoms with Crippen LogP contribution >= 0.6 is 0 Å². The van der Waals surface area contributed by atoms with Crippen molar-refractivity contribution in [1.29, 1.82) is 0 Å². The second-order valence-electron chi connectivity index (χ2n) is 5.91. The van der Waals surface area contributed by atoms with Gasteiger partial charge in [0.05, 0.1) is 12.3 Å². The van der Waals surface area contributed by atoms with Crippen LogP contribution in [0, 0.1) is 5.92 Å². The minimum absolute atomic E-state index is 0.0101. The van der Waals surface area contributed by atoms with Crippen molar-refractivity contribution in [2.75, 3.05) is 19.3 Å². The van der Waals surface area contributed by atoms with Crippen molar-refractivity contribution < 1.29 is 13.2 Å². The fourth-order valence-electron chi connectivity index (χ4n) is 2.48. The minimum atomic E-state index is -3.17. The van der Waals surface area contributed by atoms with Gasteiger partial charge in [-0.15, -0.1) is 0 Å². The van der Waals surface area contributed by atoms with Crippen LogP contribution in [-0.4, -0.2) is 50.7 Å². The molecule has 1 aliphatic rings. The number of carbonyl (C=O) groups excluding carboxylic acids is 1. The average Bonchev–Trinajstić information content (AvgIpc) is 2.36.